The third kappa shape index (κ3) is 5.85. The summed E-state index contributed by atoms with van der Waals surface area (Å²) in [6.45, 7) is 4.92. The number of ether oxygens (including phenoxy) is 2. The van der Waals surface area contributed by atoms with Crippen LogP contribution < -0.4 is 10.2 Å². The third-order valence-electron chi connectivity index (χ3n) is 5.64. The second-order valence-electron chi connectivity index (χ2n) is 8.34. The fourth-order valence-electron chi connectivity index (χ4n) is 3.92. The largest absolute Gasteiger partial charge is 0.452 e. The van der Waals surface area contributed by atoms with E-state index in [1.165, 1.54) is 6.07 Å². The zero-order chi connectivity index (χ0) is 25.9. The van der Waals surface area contributed by atoms with E-state index in [2.05, 4.69) is 10.4 Å². The summed E-state index contributed by atoms with van der Waals surface area (Å²) in [6.07, 6.45) is -4.57. The number of hydrogen-bond donors (Lipinski definition) is 1. The minimum Gasteiger partial charge on any atom is -0.452 e. The zero-order valence-electron chi connectivity index (χ0n) is 19.8. The molecule has 0 spiro atoms. The minimum atomic E-state index is -4.57. The average molecular weight is 502 g/mol. The molecular formula is C25H25F3N4O4. The van der Waals surface area contributed by atoms with Crippen molar-refractivity contribution in [3.63, 3.8) is 0 Å². The van der Waals surface area contributed by atoms with Gasteiger partial charge in [0.2, 0.25) is 0 Å². The molecular weight excluding hydrogens is 477 g/mol. The highest BCUT2D eigenvalue weighted by Gasteiger charge is 2.32. The number of amides is 1. The van der Waals surface area contributed by atoms with Gasteiger partial charge in [0.05, 0.1) is 47.1 Å². The summed E-state index contributed by atoms with van der Waals surface area (Å²) in [5.41, 5.74) is 2.31. The van der Waals surface area contributed by atoms with Gasteiger partial charge in [-0.2, -0.15) is 18.3 Å². The molecule has 1 saturated heterocycles. The zero-order valence-corrected chi connectivity index (χ0v) is 19.8. The van der Waals surface area contributed by atoms with Crippen molar-refractivity contribution in [3.8, 4) is 5.69 Å². The summed E-state index contributed by atoms with van der Waals surface area (Å²) in [7, 11) is 0. The van der Waals surface area contributed by atoms with Crippen LogP contribution in [0.4, 0.5) is 24.5 Å². The molecule has 0 aliphatic carbocycles. The van der Waals surface area contributed by atoms with Gasteiger partial charge in [0.1, 0.15) is 0 Å². The van der Waals surface area contributed by atoms with E-state index in [0.717, 1.165) is 29.2 Å². The van der Waals surface area contributed by atoms with Crippen molar-refractivity contribution < 1.29 is 32.2 Å². The fraction of sp³-hybridized carbons (Fsp3) is 0.320. The number of esters is 1. The predicted molar refractivity (Wildman–Crippen MR) is 126 cm³/mol. The first kappa shape index (κ1) is 25.2. The standard InChI is InChI=1S/C25H25F3N4O4/c1-16-13-17(2)32(30-16)20-6-3-18(4-7-20)24(34)36-15-23(33)29-21-14-19(25(26,27)28)5-8-22(21)31-9-11-35-12-10-31/h3-8,13-14H,9-12,15H2,1-2H3,(H,29,33). The number of anilines is 2. The minimum absolute atomic E-state index is 0.0120. The van der Waals surface area contributed by atoms with Gasteiger partial charge in [-0.3, -0.25) is 4.79 Å². The SMILES string of the molecule is Cc1cc(C)n(-c2ccc(C(=O)OCC(=O)Nc3cc(C(F)(F)F)ccc3N3CCOCC3)cc2)n1. The molecule has 190 valence electrons. The number of benzene rings is 2. The van der Waals surface area contributed by atoms with Gasteiger partial charge in [0.25, 0.3) is 5.91 Å². The van der Waals surface area contributed by atoms with Crippen molar-refractivity contribution in [2.24, 2.45) is 0 Å². The molecule has 36 heavy (non-hydrogen) atoms. The van der Waals surface area contributed by atoms with Crippen LogP contribution in [0.1, 0.15) is 27.3 Å². The van der Waals surface area contributed by atoms with E-state index in [1.807, 2.05) is 24.8 Å². The molecule has 1 aromatic heterocycles. The first-order valence-electron chi connectivity index (χ1n) is 11.3. The maximum atomic E-state index is 13.3. The Hall–Kier alpha value is -3.86. The van der Waals surface area contributed by atoms with Crippen LogP contribution in [0, 0.1) is 13.8 Å². The third-order valence-corrected chi connectivity index (χ3v) is 5.64. The van der Waals surface area contributed by atoms with Crippen LogP contribution in [-0.2, 0) is 20.4 Å². The number of halogens is 3. The van der Waals surface area contributed by atoms with E-state index in [0.29, 0.717) is 32.0 Å². The maximum Gasteiger partial charge on any atom is 0.416 e. The van der Waals surface area contributed by atoms with Crippen molar-refractivity contribution in [1.82, 2.24) is 9.78 Å². The number of nitrogens with zero attached hydrogens (tertiary/aromatic N) is 3. The topological polar surface area (TPSA) is 85.7 Å². The summed E-state index contributed by atoms with van der Waals surface area (Å²) in [5.74, 6) is -1.49. The molecule has 0 radical (unpaired) electrons. The summed E-state index contributed by atoms with van der Waals surface area (Å²) in [5, 5.41) is 6.84. The van der Waals surface area contributed by atoms with Gasteiger partial charge in [-0.15, -0.1) is 0 Å². The molecule has 1 fully saturated rings. The average Bonchev–Trinajstić information content (AvgIpc) is 3.20. The van der Waals surface area contributed by atoms with Gasteiger partial charge in [-0.05, 0) is 62.4 Å². The first-order valence-corrected chi connectivity index (χ1v) is 11.3. The molecule has 3 aromatic rings. The molecule has 4 rings (SSSR count). The van der Waals surface area contributed by atoms with E-state index in [9.17, 15) is 22.8 Å². The number of aryl methyl sites for hydroxylation is 2. The van der Waals surface area contributed by atoms with Crippen molar-refractivity contribution >= 4 is 23.3 Å². The quantitative estimate of drug-likeness (QED) is 0.510. The number of hydrogen-bond acceptors (Lipinski definition) is 6. The van der Waals surface area contributed by atoms with E-state index in [-0.39, 0.29) is 11.3 Å². The van der Waals surface area contributed by atoms with E-state index in [1.54, 1.807) is 28.9 Å². The van der Waals surface area contributed by atoms with Gasteiger partial charge in [0, 0.05) is 18.8 Å². The van der Waals surface area contributed by atoms with Crippen LogP contribution in [0.2, 0.25) is 0 Å². The molecule has 1 N–H and O–H groups in total. The Labute approximate surface area is 205 Å². The van der Waals surface area contributed by atoms with Gasteiger partial charge in [-0.1, -0.05) is 0 Å². The molecule has 1 aliphatic heterocycles. The van der Waals surface area contributed by atoms with Crippen LogP contribution in [0.5, 0.6) is 0 Å². The molecule has 0 atom stereocenters. The number of carbonyl (C=O) groups is 2. The number of morpholine rings is 1. The van der Waals surface area contributed by atoms with Crippen molar-refractivity contribution in [2.45, 2.75) is 20.0 Å². The lowest BCUT2D eigenvalue weighted by Gasteiger charge is -2.31. The molecule has 0 bridgehead atoms. The Bertz CT molecular complexity index is 1250. The number of nitrogens with one attached hydrogen (secondary N) is 1. The Balaban J connectivity index is 1.42. The molecule has 0 saturated carbocycles. The number of rotatable bonds is 6. The molecule has 1 aliphatic rings. The Morgan fingerprint density at radius 3 is 2.36 bits per heavy atom. The predicted octanol–water partition coefficient (Wildman–Crippen LogP) is 4.14. The van der Waals surface area contributed by atoms with E-state index >= 15 is 0 Å². The highest BCUT2D eigenvalue weighted by Crippen LogP contribution is 2.35. The lowest BCUT2D eigenvalue weighted by Crippen LogP contribution is -2.37. The molecule has 0 unspecified atom stereocenters. The Morgan fingerprint density at radius 2 is 1.75 bits per heavy atom. The van der Waals surface area contributed by atoms with Gasteiger partial charge >= 0.3 is 12.1 Å². The number of aromatic nitrogens is 2. The van der Waals surface area contributed by atoms with Crippen molar-refractivity contribution in [3.05, 3.63) is 71.0 Å². The fourth-order valence-corrected chi connectivity index (χ4v) is 3.92. The van der Waals surface area contributed by atoms with E-state index in [4.69, 9.17) is 9.47 Å². The lowest BCUT2D eigenvalue weighted by atomic mass is 10.1. The van der Waals surface area contributed by atoms with Crippen LogP contribution in [-0.4, -0.2) is 54.6 Å². The normalized spacial score (nSPS) is 14.0. The highest BCUT2D eigenvalue weighted by molar-refractivity contribution is 5.97. The second kappa shape index (κ2) is 10.4. The van der Waals surface area contributed by atoms with Crippen LogP contribution in [0.3, 0.4) is 0 Å². The highest BCUT2D eigenvalue weighted by atomic mass is 19.4. The van der Waals surface area contributed by atoms with Gasteiger partial charge < -0.3 is 19.7 Å². The molecule has 1 amide bonds. The molecule has 2 aromatic carbocycles. The van der Waals surface area contributed by atoms with Crippen molar-refractivity contribution in [1.29, 1.82) is 0 Å². The van der Waals surface area contributed by atoms with Crippen molar-refractivity contribution in [2.75, 3.05) is 43.1 Å². The lowest BCUT2D eigenvalue weighted by molar-refractivity contribution is -0.137. The molecule has 11 heteroatoms. The van der Waals surface area contributed by atoms with Gasteiger partial charge in [-0.25, -0.2) is 9.48 Å². The smallest absolute Gasteiger partial charge is 0.416 e. The monoisotopic (exact) mass is 502 g/mol. The number of carbonyl (C=O) groups excluding carboxylic acids is 2. The van der Waals surface area contributed by atoms with E-state index < -0.39 is 30.2 Å². The summed E-state index contributed by atoms with van der Waals surface area (Å²) < 4.78 is 51.9. The first-order chi connectivity index (χ1) is 17.1. The summed E-state index contributed by atoms with van der Waals surface area (Å²) in [6, 6.07) is 11.6. The Morgan fingerprint density at radius 1 is 1.06 bits per heavy atom. The van der Waals surface area contributed by atoms with Crippen LogP contribution >= 0.6 is 0 Å². The molecule has 8 nitrogen and oxygen atoms in total. The summed E-state index contributed by atoms with van der Waals surface area (Å²) >= 11 is 0. The second-order valence-corrected chi connectivity index (χ2v) is 8.34. The maximum absolute atomic E-state index is 13.3. The Kier molecular flexibility index (Phi) is 7.30. The van der Waals surface area contributed by atoms with Crippen LogP contribution in [0.15, 0.2) is 48.5 Å². The molecule has 2 heterocycles. The summed E-state index contributed by atoms with van der Waals surface area (Å²) in [4.78, 5) is 26.8. The van der Waals surface area contributed by atoms with Crippen LogP contribution in [0.25, 0.3) is 5.69 Å². The number of alkyl halides is 3. The van der Waals surface area contributed by atoms with Gasteiger partial charge in [0.15, 0.2) is 6.61 Å².